The van der Waals surface area contributed by atoms with E-state index < -0.39 is 0 Å². The Labute approximate surface area is 199 Å². The first-order chi connectivity index (χ1) is 16.2. The van der Waals surface area contributed by atoms with Crippen LogP contribution in [0.4, 0.5) is 0 Å². The van der Waals surface area contributed by atoms with Crippen LogP contribution in [0.25, 0.3) is 11.1 Å². The van der Waals surface area contributed by atoms with Crippen LogP contribution in [0.2, 0.25) is 0 Å². The lowest BCUT2D eigenvalue weighted by atomic mass is 9.66. The molecule has 0 aromatic heterocycles. The van der Waals surface area contributed by atoms with Crippen LogP contribution < -0.4 is 0 Å². The van der Waals surface area contributed by atoms with Crippen molar-refractivity contribution in [2.75, 3.05) is 0 Å². The Morgan fingerprint density at radius 2 is 0.848 bits per heavy atom. The smallest absolute Gasteiger partial charge is 0.0619 e. The summed E-state index contributed by atoms with van der Waals surface area (Å²) in [5.41, 5.74) is 13.9. The van der Waals surface area contributed by atoms with Crippen LogP contribution in [0.3, 0.4) is 0 Å². The monoisotopic (exact) mass is 430 g/mol. The molecule has 0 fully saturated rings. The predicted octanol–water partition coefficient (Wildman–Crippen LogP) is 8.30. The number of hydrogen-bond acceptors (Lipinski definition) is 0. The Balaban J connectivity index is 1.92. The van der Waals surface area contributed by atoms with Crippen LogP contribution in [0.1, 0.15) is 72.2 Å². The van der Waals surface area contributed by atoms with Gasteiger partial charge in [0.15, 0.2) is 0 Å². The summed E-state index contributed by atoms with van der Waals surface area (Å²) in [6.45, 7) is 9.10. The second-order valence-electron chi connectivity index (χ2n) is 9.22. The van der Waals surface area contributed by atoms with Gasteiger partial charge in [0.2, 0.25) is 0 Å². The molecular weight excluding hydrogens is 396 g/mol. The summed E-state index contributed by atoms with van der Waals surface area (Å²) in [6, 6.07) is 32.6. The molecule has 0 saturated carbocycles. The third-order valence-corrected chi connectivity index (χ3v) is 7.75. The number of hydrogen-bond donors (Lipinski definition) is 0. The lowest BCUT2D eigenvalue weighted by Crippen LogP contribution is -2.29. The number of fused-ring (bicyclic) bond motifs is 3. The van der Waals surface area contributed by atoms with Gasteiger partial charge in [-0.3, -0.25) is 0 Å². The van der Waals surface area contributed by atoms with E-state index in [0.717, 1.165) is 25.7 Å². The zero-order valence-corrected chi connectivity index (χ0v) is 20.4. The van der Waals surface area contributed by atoms with Crippen LogP contribution in [0.5, 0.6) is 0 Å². The average molecular weight is 431 g/mol. The highest BCUT2D eigenvalue weighted by molar-refractivity contribution is 5.86. The molecule has 1 aliphatic rings. The molecule has 5 rings (SSSR count). The van der Waals surface area contributed by atoms with Crippen molar-refractivity contribution in [3.05, 3.63) is 129 Å². The van der Waals surface area contributed by atoms with Crippen molar-refractivity contribution >= 4 is 0 Å². The minimum Gasteiger partial charge on any atom is -0.0619 e. The fourth-order valence-electron chi connectivity index (χ4n) is 6.09. The molecular formula is C33H34. The predicted molar refractivity (Wildman–Crippen MR) is 141 cm³/mol. The van der Waals surface area contributed by atoms with Gasteiger partial charge >= 0.3 is 0 Å². The molecule has 0 aliphatic heterocycles. The molecule has 1 aliphatic carbocycles. The quantitative estimate of drug-likeness (QED) is 0.254. The topological polar surface area (TPSA) is 0 Å². The van der Waals surface area contributed by atoms with Crippen LogP contribution in [-0.4, -0.2) is 0 Å². The molecule has 0 bridgehead atoms. The maximum Gasteiger partial charge on any atom is 0.0713 e. The molecule has 0 unspecified atom stereocenters. The number of aryl methyl sites for hydroxylation is 4. The molecule has 0 nitrogen and oxygen atoms in total. The normalized spacial score (nSPS) is 13.6. The third kappa shape index (κ3) is 3.19. The standard InChI is InChI=1S/C33H34/c1-5-23-17-19-27(21-25(23)7-3)33(28-20-18-24(6-2)26(8-4)22-28)31-15-11-9-13-29(31)30-14-10-12-16-32(30)33/h9-22H,5-8H2,1-4H3. The van der Waals surface area contributed by atoms with E-state index in [1.54, 1.807) is 0 Å². The average Bonchev–Trinajstić information content (AvgIpc) is 3.19. The van der Waals surface area contributed by atoms with Crippen LogP contribution >= 0.6 is 0 Å². The van der Waals surface area contributed by atoms with Gasteiger partial charge in [-0.2, -0.15) is 0 Å². The zero-order valence-electron chi connectivity index (χ0n) is 20.4. The Morgan fingerprint density at radius 1 is 0.455 bits per heavy atom. The van der Waals surface area contributed by atoms with Crippen LogP contribution in [-0.2, 0) is 31.1 Å². The van der Waals surface area contributed by atoms with Gasteiger partial charge in [0.25, 0.3) is 0 Å². The van der Waals surface area contributed by atoms with Crippen molar-refractivity contribution < 1.29 is 0 Å². The molecule has 4 aromatic rings. The molecule has 0 saturated heterocycles. The van der Waals surface area contributed by atoms with E-state index in [1.165, 1.54) is 55.6 Å². The fourth-order valence-corrected chi connectivity index (χ4v) is 6.09. The Morgan fingerprint density at radius 3 is 1.24 bits per heavy atom. The molecule has 0 atom stereocenters. The van der Waals surface area contributed by atoms with Crippen LogP contribution in [0, 0.1) is 0 Å². The van der Waals surface area contributed by atoms with Gasteiger partial charge in [-0.25, -0.2) is 0 Å². The van der Waals surface area contributed by atoms with E-state index in [9.17, 15) is 0 Å². The SMILES string of the molecule is CCc1ccc(C2(c3ccc(CC)c(CC)c3)c3ccccc3-c3ccccc32)cc1CC. The Hall–Kier alpha value is -3.12. The first kappa shape index (κ1) is 21.7. The fraction of sp³-hybridized carbons (Fsp3) is 0.273. The van der Waals surface area contributed by atoms with E-state index in [1.807, 2.05) is 0 Å². The lowest BCUT2D eigenvalue weighted by molar-refractivity contribution is 0.760. The summed E-state index contributed by atoms with van der Waals surface area (Å²) >= 11 is 0. The second-order valence-corrected chi connectivity index (χ2v) is 9.22. The summed E-state index contributed by atoms with van der Waals surface area (Å²) in [6.07, 6.45) is 4.28. The van der Waals surface area contributed by atoms with Crippen molar-refractivity contribution in [1.82, 2.24) is 0 Å². The number of benzene rings is 4. The number of rotatable bonds is 6. The molecule has 166 valence electrons. The van der Waals surface area contributed by atoms with E-state index in [0.29, 0.717) is 0 Å². The van der Waals surface area contributed by atoms with E-state index in [4.69, 9.17) is 0 Å². The maximum absolute atomic E-state index is 2.50. The minimum absolute atomic E-state index is 0.292. The van der Waals surface area contributed by atoms with E-state index in [2.05, 4.69) is 113 Å². The second kappa shape index (κ2) is 8.67. The van der Waals surface area contributed by atoms with Gasteiger partial charge in [0.05, 0.1) is 5.41 Å². The molecule has 0 spiro atoms. The molecule has 33 heavy (non-hydrogen) atoms. The third-order valence-electron chi connectivity index (χ3n) is 7.75. The lowest BCUT2D eigenvalue weighted by Gasteiger charge is -2.35. The van der Waals surface area contributed by atoms with Gasteiger partial charge in [-0.1, -0.05) is 113 Å². The summed E-state index contributed by atoms with van der Waals surface area (Å²) < 4.78 is 0. The van der Waals surface area contributed by atoms with E-state index >= 15 is 0 Å². The first-order valence-electron chi connectivity index (χ1n) is 12.6. The molecule has 0 heterocycles. The maximum atomic E-state index is 2.50. The summed E-state index contributed by atoms with van der Waals surface area (Å²) in [7, 11) is 0. The minimum atomic E-state index is -0.292. The van der Waals surface area contributed by atoms with Crippen molar-refractivity contribution in [1.29, 1.82) is 0 Å². The van der Waals surface area contributed by atoms with E-state index in [-0.39, 0.29) is 5.41 Å². The van der Waals surface area contributed by atoms with Gasteiger partial charge < -0.3 is 0 Å². The Kier molecular flexibility index (Phi) is 5.71. The molecule has 0 N–H and O–H groups in total. The highest BCUT2D eigenvalue weighted by Gasteiger charge is 2.46. The molecule has 0 radical (unpaired) electrons. The van der Waals surface area contributed by atoms with Crippen molar-refractivity contribution in [2.45, 2.75) is 58.8 Å². The zero-order chi connectivity index (χ0) is 23.0. The van der Waals surface area contributed by atoms with Gasteiger partial charge in [0, 0.05) is 0 Å². The highest BCUT2D eigenvalue weighted by atomic mass is 14.5. The summed E-state index contributed by atoms with van der Waals surface area (Å²) in [4.78, 5) is 0. The van der Waals surface area contributed by atoms with Crippen molar-refractivity contribution in [2.24, 2.45) is 0 Å². The largest absolute Gasteiger partial charge is 0.0713 e. The van der Waals surface area contributed by atoms with Gasteiger partial charge in [0.1, 0.15) is 0 Å². The van der Waals surface area contributed by atoms with Gasteiger partial charge in [-0.05, 0) is 81.3 Å². The molecule has 4 aromatic carbocycles. The molecule has 0 amide bonds. The highest BCUT2D eigenvalue weighted by Crippen LogP contribution is 2.56. The van der Waals surface area contributed by atoms with Crippen LogP contribution in [0.15, 0.2) is 84.9 Å². The van der Waals surface area contributed by atoms with Crippen molar-refractivity contribution in [3.63, 3.8) is 0 Å². The first-order valence-corrected chi connectivity index (χ1v) is 12.6. The molecule has 0 heteroatoms. The Bertz CT molecular complexity index is 1200. The van der Waals surface area contributed by atoms with Gasteiger partial charge in [-0.15, -0.1) is 0 Å². The van der Waals surface area contributed by atoms with Crippen molar-refractivity contribution in [3.8, 4) is 11.1 Å². The summed E-state index contributed by atoms with van der Waals surface area (Å²) in [5, 5.41) is 0. The summed E-state index contributed by atoms with van der Waals surface area (Å²) in [5.74, 6) is 0.